The third-order valence-corrected chi connectivity index (χ3v) is 2.78. The van der Waals surface area contributed by atoms with Gasteiger partial charge in [0.25, 0.3) is 0 Å². The second-order valence-corrected chi connectivity index (χ2v) is 4.20. The summed E-state index contributed by atoms with van der Waals surface area (Å²) in [5.41, 5.74) is -0.416. The van der Waals surface area contributed by atoms with E-state index in [4.69, 9.17) is 9.47 Å². The summed E-state index contributed by atoms with van der Waals surface area (Å²) in [6.07, 6.45) is 0. The topological polar surface area (TPSA) is 61.6 Å². The molecule has 0 saturated carbocycles. The van der Waals surface area contributed by atoms with Gasteiger partial charge in [0, 0.05) is 11.6 Å². The van der Waals surface area contributed by atoms with E-state index in [2.05, 4.69) is 0 Å². The Morgan fingerprint density at radius 3 is 2.29 bits per heavy atom. The number of benzene rings is 2. The largest absolute Gasteiger partial charge is 0.494 e. The fraction of sp³-hybridized carbons (Fsp3) is 0.200. The quantitative estimate of drug-likeness (QED) is 0.601. The van der Waals surface area contributed by atoms with Crippen LogP contribution in [0.3, 0.4) is 0 Å². The fourth-order valence-corrected chi connectivity index (χ4v) is 1.78. The Kier molecular flexibility index (Phi) is 4.71. The molecule has 2 rings (SSSR count). The molecule has 6 heteroatoms. The zero-order valence-electron chi connectivity index (χ0n) is 11.4. The van der Waals surface area contributed by atoms with E-state index >= 15 is 0 Å². The Labute approximate surface area is 121 Å². The monoisotopic (exact) mass is 291 g/mol. The van der Waals surface area contributed by atoms with Gasteiger partial charge in [-0.2, -0.15) is 4.39 Å². The number of halogens is 1. The Morgan fingerprint density at radius 1 is 1.10 bits per heavy atom. The van der Waals surface area contributed by atoms with E-state index in [0.29, 0.717) is 18.1 Å². The molecule has 0 heterocycles. The Morgan fingerprint density at radius 2 is 1.71 bits per heavy atom. The molecule has 0 fully saturated rings. The molecular weight excluding hydrogens is 277 g/mol. The molecule has 2 aromatic rings. The molecule has 0 aliphatic rings. The SMILES string of the molecule is CCOc1ccc(OCc2cccc([N+](=O)[O-])c2F)cc1. The number of ether oxygens (including phenoxy) is 2. The maximum atomic E-state index is 13.8. The summed E-state index contributed by atoms with van der Waals surface area (Å²) >= 11 is 0. The molecule has 5 nitrogen and oxygen atoms in total. The molecule has 0 aliphatic heterocycles. The number of rotatable bonds is 6. The Bertz CT molecular complexity index is 628. The highest BCUT2D eigenvalue weighted by Gasteiger charge is 2.17. The van der Waals surface area contributed by atoms with E-state index in [1.807, 2.05) is 6.92 Å². The van der Waals surface area contributed by atoms with Crippen LogP contribution in [0.15, 0.2) is 42.5 Å². The minimum atomic E-state index is -0.867. The van der Waals surface area contributed by atoms with Crippen LogP contribution in [0.1, 0.15) is 12.5 Å². The lowest BCUT2D eigenvalue weighted by Gasteiger charge is -2.08. The molecular formula is C15H14FNO4. The van der Waals surface area contributed by atoms with E-state index in [1.165, 1.54) is 12.1 Å². The first-order valence-electron chi connectivity index (χ1n) is 6.39. The first-order valence-corrected chi connectivity index (χ1v) is 6.39. The molecule has 0 bridgehead atoms. The molecule has 0 aliphatic carbocycles. The van der Waals surface area contributed by atoms with Crippen molar-refractivity contribution < 1.29 is 18.8 Å². The highest BCUT2D eigenvalue weighted by atomic mass is 19.1. The summed E-state index contributed by atoms with van der Waals surface area (Å²) in [6, 6.07) is 10.9. The van der Waals surface area contributed by atoms with Gasteiger partial charge < -0.3 is 9.47 Å². The molecule has 21 heavy (non-hydrogen) atoms. The maximum absolute atomic E-state index is 13.8. The molecule has 0 amide bonds. The number of hydrogen-bond acceptors (Lipinski definition) is 4. The first kappa shape index (κ1) is 14.8. The number of nitro benzene ring substituents is 1. The third-order valence-electron chi connectivity index (χ3n) is 2.78. The molecule has 0 atom stereocenters. The van der Waals surface area contributed by atoms with Crippen molar-refractivity contribution in [3.8, 4) is 11.5 Å². The standard InChI is InChI=1S/C15H14FNO4/c1-2-20-12-6-8-13(9-7-12)21-10-11-4-3-5-14(15(11)16)17(18)19/h3-9H,2,10H2,1H3. The average molecular weight is 291 g/mol. The Hall–Kier alpha value is -2.63. The van der Waals surface area contributed by atoms with Crippen molar-refractivity contribution in [3.05, 3.63) is 64.0 Å². The smallest absolute Gasteiger partial charge is 0.305 e. The van der Waals surface area contributed by atoms with E-state index in [1.54, 1.807) is 24.3 Å². The van der Waals surface area contributed by atoms with Gasteiger partial charge in [0.15, 0.2) is 0 Å². The summed E-state index contributed by atoms with van der Waals surface area (Å²) < 4.78 is 24.6. The van der Waals surface area contributed by atoms with Crippen LogP contribution >= 0.6 is 0 Å². The number of nitro groups is 1. The lowest BCUT2D eigenvalue weighted by atomic mass is 10.2. The predicted octanol–water partition coefficient (Wildman–Crippen LogP) is 3.71. The van der Waals surface area contributed by atoms with Crippen LogP contribution in [0.4, 0.5) is 10.1 Å². The summed E-state index contributed by atoms with van der Waals surface area (Å²) in [6.45, 7) is 2.37. The van der Waals surface area contributed by atoms with Gasteiger partial charge in [-0.25, -0.2) is 0 Å². The number of hydrogen-bond donors (Lipinski definition) is 0. The summed E-state index contributed by atoms with van der Waals surface area (Å²) in [4.78, 5) is 9.90. The van der Waals surface area contributed by atoms with Crippen molar-refractivity contribution >= 4 is 5.69 Å². The average Bonchev–Trinajstić information content (AvgIpc) is 2.48. The lowest BCUT2D eigenvalue weighted by Crippen LogP contribution is -2.01. The zero-order chi connectivity index (χ0) is 15.2. The van der Waals surface area contributed by atoms with Crippen molar-refractivity contribution in [2.75, 3.05) is 6.61 Å². The third kappa shape index (κ3) is 3.68. The van der Waals surface area contributed by atoms with E-state index in [9.17, 15) is 14.5 Å². The summed E-state index contributed by atoms with van der Waals surface area (Å²) in [7, 11) is 0. The van der Waals surface area contributed by atoms with Gasteiger partial charge in [0.1, 0.15) is 18.1 Å². The Balaban J connectivity index is 2.06. The minimum absolute atomic E-state index is 0.0819. The normalized spacial score (nSPS) is 10.2. The van der Waals surface area contributed by atoms with E-state index in [0.717, 1.165) is 6.07 Å². The lowest BCUT2D eigenvalue weighted by molar-refractivity contribution is -0.387. The molecule has 2 aromatic carbocycles. The molecule has 0 aromatic heterocycles. The zero-order valence-corrected chi connectivity index (χ0v) is 11.4. The second kappa shape index (κ2) is 6.69. The van der Waals surface area contributed by atoms with Crippen LogP contribution in [-0.2, 0) is 6.61 Å². The van der Waals surface area contributed by atoms with Crippen molar-refractivity contribution in [3.63, 3.8) is 0 Å². The second-order valence-electron chi connectivity index (χ2n) is 4.20. The van der Waals surface area contributed by atoms with Crippen molar-refractivity contribution in [2.45, 2.75) is 13.5 Å². The fourth-order valence-electron chi connectivity index (χ4n) is 1.78. The van der Waals surface area contributed by atoms with Crippen LogP contribution in [-0.4, -0.2) is 11.5 Å². The van der Waals surface area contributed by atoms with Crippen LogP contribution in [0.2, 0.25) is 0 Å². The van der Waals surface area contributed by atoms with Gasteiger partial charge in [-0.05, 0) is 31.2 Å². The van der Waals surface area contributed by atoms with Gasteiger partial charge in [0.05, 0.1) is 11.5 Å². The maximum Gasteiger partial charge on any atom is 0.305 e. The highest BCUT2D eigenvalue weighted by molar-refractivity contribution is 5.37. The van der Waals surface area contributed by atoms with Crippen molar-refractivity contribution in [1.29, 1.82) is 0 Å². The molecule has 0 radical (unpaired) electrons. The summed E-state index contributed by atoms with van der Waals surface area (Å²) in [5.74, 6) is 0.379. The van der Waals surface area contributed by atoms with Gasteiger partial charge in [-0.15, -0.1) is 0 Å². The van der Waals surface area contributed by atoms with Gasteiger partial charge in [-0.3, -0.25) is 10.1 Å². The predicted molar refractivity (Wildman–Crippen MR) is 75.0 cm³/mol. The van der Waals surface area contributed by atoms with Crippen LogP contribution < -0.4 is 9.47 Å². The van der Waals surface area contributed by atoms with Crippen LogP contribution in [0.25, 0.3) is 0 Å². The highest BCUT2D eigenvalue weighted by Crippen LogP contribution is 2.23. The van der Waals surface area contributed by atoms with Crippen LogP contribution in [0, 0.1) is 15.9 Å². The molecule has 0 unspecified atom stereocenters. The first-order chi connectivity index (χ1) is 10.1. The molecule has 110 valence electrons. The van der Waals surface area contributed by atoms with E-state index in [-0.39, 0.29) is 12.2 Å². The van der Waals surface area contributed by atoms with Crippen molar-refractivity contribution in [2.24, 2.45) is 0 Å². The van der Waals surface area contributed by atoms with E-state index < -0.39 is 16.4 Å². The molecule has 0 spiro atoms. The molecule has 0 N–H and O–H groups in total. The van der Waals surface area contributed by atoms with Crippen molar-refractivity contribution in [1.82, 2.24) is 0 Å². The minimum Gasteiger partial charge on any atom is -0.494 e. The number of nitrogens with zero attached hydrogens (tertiary/aromatic N) is 1. The van der Waals surface area contributed by atoms with Gasteiger partial charge >= 0.3 is 5.69 Å². The van der Waals surface area contributed by atoms with Gasteiger partial charge in [0.2, 0.25) is 5.82 Å². The summed E-state index contributed by atoms with van der Waals surface area (Å²) in [5, 5.41) is 10.7. The molecule has 0 saturated heterocycles. The van der Waals surface area contributed by atoms with Crippen LogP contribution in [0.5, 0.6) is 11.5 Å². The van der Waals surface area contributed by atoms with Gasteiger partial charge in [-0.1, -0.05) is 12.1 Å².